The van der Waals surface area contributed by atoms with E-state index in [-0.39, 0.29) is 0 Å². The molecule has 0 heterocycles. The normalized spacial score (nSPS) is 10.1. The molecule has 18 heavy (non-hydrogen) atoms. The number of anilines is 2. The number of thiocarbonyl (C=S) groups is 1. The number of aryl methyl sites for hydroxylation is 1. The maximum absolute atomic E-state index is 5.77. The van der Waals surface area contributed by atoms with Gasteiger partial charge in [0.25, 0.3) is 0 Å². The fourth-order valence-electron chi connectivity index (χ4n) is 2.04. The SMILES string of the molecule is Cc1ccccc1N(C)c1ccccc1C(N)=S. The molecule has 2 aromatic carbocycles. The third-order valence-corrected chi connectivity index (χ3v) is 3.23. The number of nitrogens with two attached hydrogens (primary N) is 1. The molecule has 0 aliphatic carbocycles. The van der Waals surface area contributed by atoms with E-state index < -0.39 is 0 Å². The van der Waals surface area contributed by atoms with Gasteiger partial charge in [0.2, 0.25) is 0 Å². The second-order valence-corrected chi connectivity index (χ2v) is 4.67. The zero-order chi connectivity index (χ0) is 13.1. The summed E-state index contributed by atoms with van der Waals surface area (Å²) in [5, 5.41) is 0. The molecule has 3 heteroatoms. The third-order valence-electron chi connectivity index (χ3n) is 3.01. The predicted octanol–water partition coefficient (Wildman–Crippen LogP) is 3.40. The molecule has 2 rings (SSSR count). The number of benzene rings is 2. The van der Waals surface area contributed by atoms with E-state index in [4.69, 9.17) is 18.0 Å². The Bertz CT molecular complexity index is 578. The third kappa shape index (κ3) is 2.36. The summed E-state index contributed by atoms with van der Waals surface area (Å²) in [5.41, 5.74) is 10.1. The van der Waals surface area contributed by atoms with Crippen LogP contribution in [0.25, 0.3) is 0 Å². The first-order chi connectivity index (χ1) is 8.61. The molecule has 0 bridgehead atoms. The molecule has 2 aromatic rings. The van der Waals surface area contributed by atoms with E-state index in [9.17, 15) is 0 Å². The van der Waals surface area contributed by atoms with Crippen LogP contribution in [-0.4, -0.2) is 12.0 Å². The van der Waals surface area contributed by atoms with Gasteiger partial charge in [0.1, 0.15) is 4.99 Å². The number of para-hydroxylation sites is 2. The molecular formula is C15H16N2S. The molecule has 0 aliphatic rings. The Hall–Kier alpha value is -1.87. The van der Waals surface area contributed by atoms with Gasteiger partial charge in [-0.05, 0) is 30.7 Å². The van der Waals surface area contributed by atoms with Crippen molar-refractivity contribution in [3.05, 3.63) is 59.7 Å². The number of hydrogen-bond donors (Lipinski definition) is 1. The Labute approximate surface area is 113 Å². The van der Waals surface area contributed by atoms with Crippen LogP contribution in [0.1, 0.15) is 11.1 Å². The molecule has 0 spiro atoms. The highest BCUT2D eigenvalue weighted by Gasteiger charge is 2.11. The first kappa shape index (κ1) is 12.6. The lowest BCUT2D eigenvalue weighted by atomic mass is 10.1. The summed E-state index contributed by atoms with van der Waals surface area (Å²) >= 11 is 5.10. The van der Waals surface area contributed by atoms with Crippen LogP contribution in [0.15, 0.2) is 48.5 Å². The molecule has 2 nitrogen and oxygen atoms in total. The van der Waals surface area contributed by atoms with Gasteiger partial charge in [-0.25, -0.2) is 0 Å². The van der Waals surface area contributed by atoms with Crippen molar-refractivity contribution in [2.45, 2.75) is 6.92 Å². The molecule has 0 amide bonds. The lowest BCUT2D eigenvalue weighted by Gasteiger charge is -2.23. The second-order valence-electron chi connectivity index (χ2n) is 4.23. The summed E-state index contributed by atoms with van der Waals surface area (Å²) < 4.78 is 0. The van der Waals surface area contributed by atoms with Crippen LogP contribution in [0, 0.1) is 6.92 Å². The van der Waals surface area contributed by atoms with Crippen LogP contribution >= 0.6 is 12.2 Å². The Morgan fingerprint density at radius 1 is 1.00 bits per heavy atom. The first-order valence-corrected chi connectivity index (χ1v) is 6.20. The van der Waals surface area contributed by atoms with Gasteiger partial charge in [-0.2, -0.15) is 0 Å². The van der Waals surface area contributed by atoms with Gasteiger partial charge in [-0.1, -0.05) is 42.5 Å². The molecule has 0 fully saturated rings. The average molecular weight is 256 g/mol. The monoisotopic (exact) mass is 256 g/mol. The number of nitrogens with zero attached hydrogens (tertiary/aromatic N) is 1. The van der Waals surface area contributed by atoms with Gasteiger partial charge in [-0.3, -0.25) is 0 Å². The smallest absolute Gasteiger partial charge is 0.106 e. The fraction of sp³-hybridized carbons (Fsp3) is 0.133. The summed E-state index contributed by atoms with van der Waals surface area (Å²) in [6.07, 6.45) is 0. The van der Waals surface area contributed by atoms with Gasteiger partial charge in [0.05, 0.1) is 5.69 Å². The van der Waals surface area contributed by atoms with Crippen LogP contribution in [0.5, 0.6) is 0 Å². The minimum absolute atomic E-state index is 0.422. The lowest BCUT2D eigenvalue weighted by Crippen LogP contribution is -2.18. The van der Waals surface area contributed by atoms with Gasteiger partial charge < -0.3 is 10.6 Å². The molecule has 0 atom stereocenters. The predicted molar refractivity (Wildman–Crippen MR) is 81.6 cm³/mol. The molecule has 0 saturated carbocycles. The van der Waals surface area contributed by atoms with Crippen LogP contribution in [-0.2, 0) is 0 Å². The standard InChI is InChI=1S/C15H16N2S/c1-11-7-3-5-9-13(11)17(2)14-10-6-4-8-12(14)15(16)18/h3-10H,1-2H3,(H2,16,18). The maximum atomic E-state index is 5.77. The van der Waals surface area contributed by atoms with Crippen molar-refractivity contribution in [3.8, 4) is 0 Å². The van der Waals surface area contributed by atoms with E-state index in [1.807, 2.05) is 43.4 Å². The summed E-state index contributed by atoms with van der Waals surface area (Å²) in [6.45, 7) is 2.09. The van der Waals surface area contributed by atoms with Crippen molar-refractivity contribution >= 4 is 28.6 Å². The Balaban J connectivity index is 2.50. The topological polar surface area (TPSA) is 29.3 Å². The molecule has 0 aromatic heterocycles. The number of rotatable bonds is 3. The summed E-state index contributed by atoms with van der Waals surface area (Å²) in [7, 11) is 2.03. The minimum atomic E-state index is 0.422. The fourth-order valence-corrected chi connectivity index (χ4v) is 2.22. The first-order valence-electron chi connectivity index (χ1n) is 5.79. The summed E-state index contributed by atoms with van der Waals surface area (Å²) in [6, 6.07) is 16.2. The van der Waals surface area contributed by atoms with E-state index in [0.29, 0.717) is 4.99 Å². The molecule has 2 N–H and O–H groups in total. The average Bonchev–Trinajstić information content (AvgIpc) is 2.38. The van der Waals surface area contributed by atoms with Crippen molar-refractivity contribution in [2.75, 3.05) is 11.9 Å². The van der Waals surface area contributed by atoms with Crippen molar-refractivity contribution in [2.24, 2.45) is 5.73 Å². The molecule has 0 saturated heterocycles. The van der Waals surface area contributed by atoms with Crippen LogP contribution in [0.3, 0.4) is 0 Å². The van der Waals surface area contributed by atoms with Crippen LogP contribution in [0.2, 0.25) is 0 Å². The van der Waals surface area contributed by atoms with Crippen molar-refractivity contribution in [1.82, 2.24) is 0 Å². The lowest BCUT2D eigenvalue weighted by molar-refractivity contribution is 1.18. The van der Waals surface area contributed by atoms with Gasteiger partial charge >= 0.3 is 0 Å². The van der Waals surface area contributed by atoms with E-state index in [1.165, 1.54) is 5.56 Å². The molecule has 0 aliphatic heterocycles. The van der Waals surface area contributed by atoms with E-state index in [0.717, 1.165) is 16.9 Å². The highest BCUT2D eigenvalue weighted by Crippen LogP contribution is 2.29. The Kier molecular flexibility index (Phi) is 3.63. The molecule has 92 valence electrons. The minimum Gasteiger partial charge on any atom is -0.389 e. The van der Waals surface area contributed by atoms with Crippen molar-refractivity contribution < 1.29 is 0 Å². The highest BCUT2D eigenvalue weighted by atomic mass is 32.1. The largest absolute Gasteiger partial charge is 0.389 e. The maximum Gasteiger partial charge on any atom is 0.106 e. The molecule has 0 radical (unpaired) electrons. The number of hydrogen-bond acceptors (Lipinski definition) is 2. The highest BCUT2D eigenvalue weighted by molar-refractivity contribution is 7.80. The summed E-state index contributed by atoms with van der Waals surface area (Å²) in [5.74, 6) is 0. The zero-order valence-corrected chi connectivity index (χ0v) is 11.4. The van der Waals surface area contributed by atoms with E-state index in [2.05, 4.69) is 24.0 Å². The van der Waals surface area contributed by atoms with E-state index >= 15 is 0 Å². The van der Waals surface area contributed by atoms with Crippen LogP contribution < -0.4 is 10.6 Å². The van der Waals surface area contributed by atoms with Gasteiger partial charge in [0, 0.05) is 18.3 Å². The van der Waals surface area contributed by atoms with Gasteiger partial charge in [-0.15, -0.1) is 0 Å². The van der Waals surface area contributed by atoms with E-state index in [1.54, 1.807) is 0 Å². The molecular weight excluding hydrogens is 240 g/mol. The Morgan fingerprint density at radius 2 is 1.56 bits per heavy atom. The molecule has 0 unspecified atom stereocenters. The Morgan fingerprint density at radius 3 is 2.17 bits per heavy atom. The van der Waals surface area contributed by atoms with Crippen LogP contribution in [0.4, 0.5) is 11.4 Å². The quantitative estimate of drug-likeness (QED) is 0.853. The van der Waals surface area contributed by atoms with Crippen molar-refractivity contribution in [3.63, 3.8) is 0 Å². The van der Waals surface area contributed by atoms with Crippen molar-refractivity contribution in [1.29, 1.82) is 0 Å². The summed E-state index contributed by atoms with van der Waals surface area (Å²) in [4.78, 5) is 2.54. The van der Waals surface area contributed by atoms with Gasteiger partial charge in [0.15, 0.2) is 0 Å². The second kappa shape index (κ2) is 5.19. The zero-order valence-electron chi connectivity index (χ0n) is 10.6.